The van der Waals surface area contributed by atoms with Crippen LogP contribution >= 0.6 is 27.7 Å². The van der Waals surface area contributed by atoms with E-state index in [1.165, 1.54) is 23.5 Å². The standard InChI is InChI=1S/C11H17BrOS/c1-9(3-6-12)5-8-14-11-4-7-13-10(11)2/h4,7,9H,3,5-6,8H2,1-2H3. The minimum atomic E-state index is 0.814. The molecule has 0 aliphatic rings. The molecular weight excluding hydrogens is 260 g/mol. The van der Waals surface area contributed by atoms with Crippen LogP contribution in [0.4, 0.5) is 0 Å². The Morgan fingerprint density at radius 3 is 2.86 bits per heavy atom. The van der Waals surface area contributed by atoms with Crippen molar-refractivity contribution in [2.45, 2.75) is 31.6 Å². The van der Waals surface area contributed by atoms with Crippen LogP contribution < -0.4 is 0 Å². The van der Waals surface area contributed by atoms with Crippen LogP contribution in [0, 0.1) is 12.8 Å². The van der Waals surface area contributed by atoms with Gasteiger partial charge < -0.3 is 4.42 Å². The Hall–Kier alpha value is 0.110. The Morgan fingerprint density at radius 2 is 2.29 bits per heavy atom. The average Bonchev–Trinajstić information content (AvgIpc) is 2.52. The largest absolute Gasteiger partial charge is 0.468 e. The molecule has 0 aromatic carbocycles. The third kappa shape index (κ3) is 4.09. The molecule has 1 unspecified atom stereocenters. The number of halogens is 1. The van der Waals surface area contributed by atoms with Crippen molar-refractivity contribution in [3.63, 3.8) is 0 Å². The second-order valence-electron chi connectivity index (χ2n) is 3.56. The molecule has 0 aliphatic heterocycles. The van der Waals surface area contributed by atoms with Crippen molar-refractivity contribution in [3.8, 4) is 0 Å². The number of rotatable bonds is 6. The van der Waals surface area contributed by atoms with Crippen LogP contribution in [0.15, 0.2) is 21.6 Å². The van der Waals surface area contributed by atoms with Crippen molar-refractivity contribution in [2.24, 2.45) is 5.92 Å². The molecule has 0 spiro atoms. The van der Waals surface area contributed by atoms with Crippen molar-refractivity contribution in [1.29, 1.82) is 0 Å². The zero-order chi connectivity index (χ0) is 10.4. The van der Waals surface area contributed by atoms with Gasteiger partial charge in [0.05, 0.1) is 6.26 Å². The van der Waals surface area contributed by atoms with Gasteiger partial charge >= 0.3 is 0 Å². The summed E-state index contributed by atoms with van der Waals surface area (Å²) in [6.07, 6.45) is 4.31. The van der Waals surface area contributed by atoms with E-state index in [9.17, 15) is 0 Å². The van der Waals surface area contributed by atoms with Crippen LogP contribution in [-0.2, 0) is 0 Å². The van der Waals surface area contributed by atoms with Gasteiger partial charge in [-0.3, -0.25) is 0 Å². The van der Waals surface area contributed by atoms with Crippen molar-refractivity contribution < 1.29 is 4.42 Å². The molecule has 0 bridgehead atoms. The molecular formula is C11H17BrOS. The van der Waals surface area contributed by atoms with Crippen LogP contribution in [0.25, 0.3) is 0 Å². The zero-order valence-electron chi connectivity index (χ0n) is 8.75. The van der Waals surface area contributed by atoms with E-state index in [4.69, 9.17) is 4.42 Å². The monoisotopic (exact) mass is 276 g/mol. The topological polar surface area (TPSA) is 13.1 Å². The quantitative estimate of drug-likeness (QED) is 0.561. The molecule has 1 rings (SSSR count). The molecule has 0 aliphatic carbocycles. The SMILES string of the molecule is Cc1occc1SCCC(C)CCBr. The fourth-order valence-corrected chi connectivity index (χ4v) is 3.15. The second kappa shape index (κ2) is 6.57. The summed E-state index contributed by atoms with van der Waals surface area (Å²) in [6.45, 7) is 4.33. The molecule has 1 aromatic rings. The van der Waals surface area contributed by atoms with Crippen molar-refractivity contribution in [3.05, 3.63) is 18.1 Å². The van der Waals surface area contributed by atoms with Gasteiger partial charge in [0, 0.05) is 10.2 Å². The highest BCUT2D eigenvalue weighted by atomic mass is 79.9. The van der Waals surface area contributed by atoms with E-state index in [0.29, 0.717) is 0 Å². The van der Waals surface area contributed by atoms with Gasteiger partial charge in [-0.25, -0.2) is 0 Å². The van der Waals surface area contributed by atoms with Gasteiger partial charge in [0.25, 0.3) is 0 Å². The Kier molecular flexibility index (Phi) is 5.71. The van der Waals surface area contributed by atoms with Crippen LogP contribution in [-0.4, -0.2) is 11.1 Å². The van der Waals surface area contributed by atoms with Gasteiger partial charge in [0.2, 0.25) is 0 Å². The van der Waals surface area contributed by atoms with Gasteiger partial charge in [-0.05, 0) is 37.5 Å². The summed E-state index contributed by atoms with van der Waals surface area (Å²) in [5, 5.41) is 1.11. The number of thioether (sulfide) groups is 1. The third-order valence-corrected chi connectivity index (χ3v) is 3.91. The number of hydrogen-bond acceptors (Lipinski definition) is 2. The van der Waals surface area contributed by atoms with Crippen LogP contribution in [0.5, 0.6) is 0 Å². The van der Waals surface area contributed by atoms with E-state index in [2.05, 4.69) is 28.9 Å². The minimum Gasteiger partial charge on any atom is -0.468 e. The summed E-state index contributed by atoms with van der Waals surface area (Å²) in [6, 6.07) is 2.05. The first-order chi connectivity index (χ1) is 6.74. The summed E-state index contributed by atoms with van der Waals surface area (Å²) >= 11 is 5.37. The maximum absolute atomic E-state index is 5.24. The molecule has 0 amide bonds. The predicted octanol–water partition coefficient (Wildman–Crippen LogP) is 4.49. The summed E-state index contributed by atoms with van der Waals surface area (Å²) in [5.74, 6) is 3.05. The molecule has 14 heavy (non-hydrogen) atoms. The average molecular weight is 277 g/mol. The summed E-state index contributed by atoms with van der Waals surface area (Å²) in [7, 11) is 0. The molecule has 0 fully saturated rings. The Morgan fingerprint density at radius 1 is 1.50 bits per heavy atom. The van der Waals surface area contributed by atoms with E-state index in [1.54, 1.807) is 6.26 Å². The Labute approximate surface area is 98.8 Å². The lowest BCUT2D eigenvalue weighted by Crippen LogP contribution is -1.96. The number of hydrogen-bond donors (Lipinski definition) is 0. The normalized spacial score (nSPS) is 13.1. The molecule has 1 aromatic heterocycles. The van der Waals surface area contributed by atoms with E-state index in [0.717, 1.165) is 17.0 Å². The fourth-order valence-electron chi connectivity index (χ4n) is 1.22. The molecule has 1 atom stereocenters. The lowest BCUT2D eigenvalue weighted by Gasteiger charge is -2.07. The molecule has 0 saturated carbocycles. The lowest BCUT2D eigenvalue weighted by atomic mass is 10.1. The highest BCUT2D eigenvalue weighted by molar-refractivity contribution is 9.09. The number of aryl methyl sites for hydroxylation is 1. The molecule has 3 heteroatoms. The van der Waals surface area contributed by atoms with Gasteiger partial charge in [0.1, 0.15) is 5.76 Å². The van der Waals surface area contributed by atoms with Crippen LogP contribution in [0.3, 0.4) is 0 Å². The minimum absolute atomic E-state index is 0.814. The van der Waals surface area contributed by atoms with Crippen molar-refractivity contribution in [1.82, 2.24) is 0 Å². The lowest BCUT2D eigenvalue weighted by molar-refractivity contribution is 0.526. The second-order valence-corrected chi connectivity index (χ2v) is 5.49. The Bertz CT molecular complexity index is 260. The van der Waals surface area contributed by atoms with Gasteiger partial charge in [0.15, 0.2) is 0 Å². The van der Waals surface area contributed by atoms with Gasteiger partial charge in [-0.2, -0.15) is 0 Å². The van der Waals surface area contributed by atoms with Crippen molar-refractivity contribution >= 4 is 27.7 Å². The number of furan rings is 1. The van der Waals surface area contributed by atoms with Crippen LogP contribution in [0.1, 0.15) is 25.5 Å². The third-order valence-electron chi connectivity index (χ3n) is 2.28. The Balaban J connectivity index is 2.19. The van der Waals surface area contributed by atoms with E-state index in [-0.39, 0.29) is 0 Å². The van der Waals surface area contributed by atoms with Crippen LogP contribution in [0.2, 0.25) is 0 Å². The first kappa shape index (κ1) is 12.2. The molecule has 80 valence electrons. The summed E-state index contributed by atoms with van der Waals surface area (Å²) in [5.41, 5.74) is 0. The van der Waals surface area contributed by atoms with E-state index in [1.807, 2.05) is 18.7 Å². The first-order valence-corrected chi connectivity index (χ1v) is 7.07. The summed E-state index contributed by atoms with van der Waals surface area (Å²) in [4.78, 5) is 1.29. The highest BCUT2D eigenvalue weighted by Gasteiger charge is 2.04. The van der Waals surface area contributed by atoms with E-state index >= 15 is 0 Å². The highest BCUT2D eigenvalue weighted by Crippen LogP contribution is 2.25. The maximum atomic E-state index is 5.24. The fraction of sp³-hybridized carbons (Fsp3) is 0.636. The van der Waals surface area contributed by atoms with E-state index < -0.39 is 0 Å². The molecule has 0 radical (unpaired) electrons. The smallest absolute Gasteiger partial charge is 0.114 e. The molecule has 0 saturated heterocycles. The number of alkyl halides is 1. The molecule has 1 heterocycles. The maximum Gasteiger partial charge on any atom is 0.114 e. The van der Waals surface area contributed by atoms with Gasteiger partial charge in [-0.1, -0.05) is 22.9 Å². The van der Waals surface area contributed by atoms with Gasteiger partial charge in [-0.15, -0.1) is 11.8 Å². The molecule has 1 nitrogen and oxygen atoms in total. The summed E-state index contributed by atoms with van der Waals surface area (Å²) < 4.78 is 5.24. The zero-order valence-corrected chi connectivity index (χ0v) is 11.2. The first-order valence-electron chi connectivity index (χ1n) is 4.97. The van der Waals surface area contributed by atoms with Crippen molar-refractivity contribution in [2.75, 3.05) is 11.1 Å². The predicted molar refractivity (Wildman–Crippen MR) is 66.4 cm³/mol. The molecule has 0 N–H and O–H groups in total.